The first-order valence-corrected chi connectivity index (χ1v) is 7.26. The molecule has 2 aromatic carbocycles. The molecule has 3 rings (SSSR count). The molecule has 1 fully saturated rings. The fraction of sp³-hybridized carbons (Fsp3) is 0.333. The van der Waals surface area contributed by atoms with Crippen LogP contribution in [0, 0.1) is 0 Å². The molecule has 3 heteroatoms. The Morgan fingerprint density at radius 3 is 1.24 bits per heavy atom. The normalized spacial score (nSPS) is 20.2. The van der Waals surface area contributed by atoms with Crippen molar-refractivity contribution in [3.8, 4) is 0 Å². The fourth-order valence-corrected chi connectivity index (χ4v) is 2.54. The first-order valence-electron chi connectivity index (χ1n) is 7.26. The summed E-state index contributed by atoms with van der Waals surface area (Å²) in [5.74, 6) is 0. The highest BCUT2D eigenvalue weighted by atomic mass is 16.6. The quantitative estimate of drug-likeness (QED) is 0.798. The zero-order chi connectivity index (χ0) is 15.0. The third-order valence-corrected chi connectivity index (χ3v) is 3.97. The van der Waals surface area contributed by atoms with E-state index < -0.39 is 0 Å². The second-order valence-electron chi connectivity index (χ2n) is 5.95. The highest BCUT2D eigenvalue weighted by Gasteiger charge is 2.41. The molecular weight excluding hydrogens is 260 g/mol. The molecule has 0 saturated carbocycles. The van der Waals surface area contributed by atoms with Crippen molar-refractivity contribution in [2.24, 2.45) is 0 Å². The standard InChI is InChI=1S/C18H22N2O/c1-19(2)15-9-5-13(6-10-15)17-18(21-17)14-7-11-16(12-8-14)20(3)4/h5-12,17-18H,1-4H3/t17-,18-/m0/s1. The zero-order valence-electron chi connectivity index (χ0n) is 13.1. The fourth-order valence-electron chi connectivity index (χ4n) is 2.54. The van der Waals surface area contributed by atoms with Crippen LogP contribution >= 0.6 is 0 Å². The van der Waals surface area contributed by atoms with Crippen LogP contribution < -0.4 is 9.80 Å². The Kier molecular flexibility index (Phi) is 3.60. The Balaban J connectivity index is 1.70. The molecule has 1 saturated heterocycles. The lowest BCUT2D eigenvalue weighted by Gasteiger charge is -2.12. The van der Waals surface area contributed by atoms with E-state index in [1.165, 1.54) is 22.5 Å². The van der Waals surface area contributed by atoms with E-state index in [0.717, 1.165) is 0 Å². The minimum Gasteiger partial charge on any atom is -0.378 e. The van der Waals surface area contributed by atoms with Gasteiger partial charge in [0.05, 0.1) is 0 Å². The molecule has 1 heterocycles. The largest absolute Gasteiger partial charge is 0.378 e. The summed E-state index contributed by atoms with van der Waals surface area (Å²) in [6, 6.07) is 17.2. The summed E-state index contributed by atoms with van der Waals surface area (Å²) in [5, 5.41) is 0. The third-order valence-electron chi connectivity index (χ3n) is 3.97. The third kappa shape index (κ3) is 2.88. The van der Waals surface area contributed by atoms with Gasteiger partial charge in [0.2, 0.25) is 0 Å². The highest BCUT2D eigenvalue weighted by molar-refractivity contribution is 5.49. The SMILES string of the molecule is CN(C)c1ccc([C@@H]2O[C@H]2c2ccc(N(C)C)cc2)cc1. The summed E-state index contributed by atoms with van der Waals surface area (Å²) in [5.41, 5.74) is 4.93. The van der Waals surface area contributed by atoms with Crippen molar-refractivity contribution in [2.75, 3.05) is 38.0 Å². The van der Waals surface area contributed by atoms with E-state index in [0.29, 0.717) is 0 Å². The molecule has 1 aliphatic rings. The van der Waals surface area contributed by atoms with E-state index in [4.69, 9.17) is 4.74 Å². The maximum Gasteiger partial charge on any atom is 0.114 e. The molecule has 0 spiro atoms. The second-order valence-corrected chi connectivity index (χ2v) is 5.95. The van der Waals surface area contributed by atoms with Crippen molar-refractivity contribution in [1.82, 2.24) is 0 Å². The van der Waals surface area contributed by atoms with Crippen LogP contribution in [0.5, 0.6) is 0 Å². The highest BCUT2D eigenvalue weighted by Crippen LogP contribution is 2.51. The smallest absolute Gasteiger partial charge is 0.114 e. The molecule has 0 amide bonds. The molecule has 2 aromatic rings. The minimum absolute atomic E-state index is 0.200. The van der Waals surface area contributed by atoms with Gasteiger partial charge in [-0.3, -0.25) is 0 Å². The summed E-state index contributed by atoms with van der Waals surface area (Å²) in [7, 11) is 8.21. The first-order chi connectivity index (χ1) is 10.1. The maximum atomic E-state index is 5.86. The Labute approximate surface area is 126 Å². The second kappa shape index (κ2) is 5.41. The lowest BCUT2D eigenvalue weighted by Crippen LogP contribution is -2.08. The van der Waals surface area contributed by atoms with Gasteiger partial charge in [0, 0.05) is 39.6 Å². The summed E-state index contributed by atoms with van der Waals surface area (Å²) in [4.78, 5) is 4.21. The summed E-state index contributed by atoms with van der Waals surface area (Å²) >= 11 is 0. The van der Waals surface area contributed by atoms with E-state index in [-0.39, 0.29) is 12.2 Å². The first kappa shape index (κ1) is 14.0. The molecule has 1 aliphatic heterocycles. The van der Waals surface area contributed by atoms with Crippen LogP contribution in [0.3, 0.4) is 0 Å². The molecule has 0 N–H and O–H groups in total. The maximum absolute atomic E-state index is 5.86. The van der Waals surface area contributed by atoms with E-state index in [2.05, 4.69) is 86.5 Å². The monoisotopic (exact) mass is 282 g/mol. The summed E-state index contributed by atoms with van der Waals surface area (Å²) < 4.78 is 5.86. The Bertz CT molecular complexity index is 547. The molecule has 21 heavy (non-hydrogen) atoms. The number of nitrogens with zero attached hydrogens (tertiary/aromatic N) is 2. The van der Waals surface area contributed by atoms with Crippen LogP contribution in [-0.4, -0.2) is 28.2 Å². The van der Waals surface area contributed by atoms with Crippen LogP contribution in [0.25, 0.3) is 0 Å². The van der Waals surface area contributed by atoms with Gasteiger partial charge in [-0.05, 0) is 35.4 Å². The van der Waals surface area contributed by atoms with Gasteiger partial charge in [-0.1, -0.05) is 24.3 Å². The molecule has 0 bridgehead atoms. The average molecular weight is 282 g/mol. The van der Waals surface area contributed by atoms with Gasteiger partial charge in [-0.2, -0.15) is 0 Å². The van der Waals surface area contributed by atoms with Gasteiger partial charge in [0.15, 0.2) is 0 Å². The van der Waals surface area contributed by atoms with Gasteiger partial charge in [0.1, 0.15) is 12.2 Å². The lowest BCUT2D eigenvalue weighted by atomic mass is 10.0. The number of benzene rings is 2. The van der Waals surface area contributed by atoms with Crippen LogP contribution in [0.4, 0.5) is 11.4 Å². The average Bonchev–Trinajstić information content (AvgIpc) is 3.28. The van der Waals surface area contributed by atoms with Gasteiger partial charge < -0.3 is 14.5 Å². The number of hydrogen-bond donors (Lipinski definition) is 0. The van der Waals surface area contributed by atoms with Crippen LogP contribution in [0.2, 0.25) is 0 Å². The van der Waals surface area contributed by atoms with Crippen molar-refractivity contribution in [3.63, 3.8) is 0 Å². The van der Waals surface area contributed by atoms with Crippen molar-refractivity contribution >= 4 is 11.4 Å². The number of rotatable bonds is 4. The summed E-state index contributed by atoms with van der Waals surface area (Å²) in [6.45, 7) is 0. The number of epoxide rings is 1. The molecule has 0 radical (unpaired) electrons. The van der Waals surface area contributed by atoms with E-state index in [1.807, 2.05) is 0 Å². The molecule has 0 aliphatic carbocycles. The van der Waals surface area contributed by atoms with Crippen molar-refractivity contribution in [2.45, 2.75) is 12.2 Å². The van der Waals surface area contributed by atoms with E-state index in [9.17, 15) is 0 Å². The van der Waals surface area contributed by atoms with Crippen molar-refractivity contribution in [3.05, 3.63) is 59.7 Å². The van der Waals surface area contributed by atoms with Gasteiger partial charge >= 0.3 is 0 Å². The number of ether oxygens (including phenoxy) is 1. The van der Waals surface area contributed by atoms with Crippen LogP contribution in [0.15, 0.2) is 48.5 Å². The van der Waals surface area contributed by atoms with Gasteiger partial charge in [-0.15, -0.1) is 0 Å². The molecule has 0 unspecified atom stereocenters. The van der Waals surface area contributed by atoms with Crippen LogP contribution in [0.1, 0.15) is 23.3 Å². The molecule has 3 nitrogen and oxygen atoms in total. The Hall–Kier alpha value is -2.00. The molecular formula is C18H22N2O. The van der Waals surface area contributed by atoms with E-state index >= 15 is 0 Å². The Morgan fingerprint density at radius 1 is 0.619 bits per heavy atom. The lowest BCUT2D eigenvalue weighted by molar-refractivity contribution is 0.377. The van der Waals surface area contributed by atoms with Crippen molar-refractivity contribution < 1.29 is 4.74 Å². The van der Waals surface area contributed by atoms with Crippen molar-refractivity contribution in [1.29, 1.82) is 0 Å². The minimum atomic E-state index is 0.200. The Morgan fingerprint density at radius 2 is 0.952 bits per heavy atom. The predicted octanol–water partition coefficient (Wildman–Crippen LogP) is 3.63. The molecule has 0 aromatic heterocycles. The topological polar surface area (TPSA) is 19.0 Å². The van der Waals surface area contributed by atoms with Gasteiger partial charge in [0.25, 0.3) is 0 Å². The predicted molar refractivity (Wildman–Crippen MR) is 88.1 cm³/mol. The number of hydrogen-bond acceptors (Lipinski definition) is 3. The van der Waals surface area contributed by atoms with Crippen LogP contribution in [-0.2, 0) is 4.74 Å². The number of anilines is 2. The van der Waals surface area contributed by atoms with Gasteiger partial charge in [-0.25, -0.2) is 0 Å². The zero-order valence-corrected chi connectivity index (χ0v) is 13.1. The molecule has 2 atom stereocenters. The summed E-state index contributed by atoms with van der Waals surface area (Å²) in [6.07, 6.45) is 0.401. The molecule has 110 valence electrons. The van der Waals surface area contributed by atoms with E-state index in [1.54, 1.807) is 0 Å².